The van der Waals surface area contributed by atoms with Crippen molar-refractivity contribution in [3.8, 4) is 10.4 Å². The Hall–Kier alpha value is -2.40. The van der Waals surface area contributed by atoms with Gasteiger partial charge in [-0.15, -0.1) is 11.3 Å². The summed E-state index contributed by atoms with van der Waals surface area (Å²) in [6, 6.07) is 10.4. The summed E-state index contributed by atoms with van der Waals surface area (Å²) in [5, 5.41) is 2.07. The minimum Gasteiger partial charge on any atom is -0.462 e. The highest BCUT2D eigenvalue weighted by Crippen LogP contribution is 2.27. The number of hydrogen-bond acceptors (Lipinski definition) is 4. The minimum absolute atomic E-state index is 0.338. The number of carbonyl (C=O) groups excluding carboxylic acids is 1. The van der Waals surface area contributed by atoms with Gasteiger partial charge in [0.25, 0.3) is 0 Å². The summed E-state index contributed by atoms with van der Waals surface area (Å²) in [7, 11) is 0. The molecule has 1 N–H and O–H groups in total. The largest absolute Gasteiger partial charge is 0.462 e. The Bertz CT molecular complexity index is 834. The molecule has 3 aromatic rings. The normalized spacial score (nSPS) is 10.8. The van der Waals surface area contributed by atoms with Crippen LogP contribution in [0.5, 0.6) is 0 Å². The van der Waals surface area contributed by atoms with Crippen LogP contribution in [0.1, 0.15) is 19.2 Å². The standard InChI is InChI=1S/C18H18N2O2S/c1-12(2)18(21)22-9-3-6-17-19-14-8-7-13(11-15(14)20-17)16-5-4-10-23-16/h4-5,7-8,10-11H,1,3,6,9H2,2H3,(H,19,20). The Morgan fingerprint density at radius 1 is 1.39 bits per heavy atom. The van der Waals surface area contributed by atoms with Gasteiger partial charge in [-0.05, 0) is 42.5 Å². The molecule has 0 fully saturated rings. The smallest absolute Gasteiger partial charge is 0.333 e. The molecular weight excluding hydrogens is 308 g/mol. The van der Waals surface area contributed by atoms with E-state index in [1.807, 2.05) is 6.07 Å². The molecule has 3 rings (SSSR count). The van der Waals surface area contributed by atoms with Crippen molar-refractivity contribution in [1.82, 2.24) is 9.97 Å². The van der Waals surface area contributed by atoms with E-state index in [1.54, 1.807) is 18.3 Å². The number of nitrogens with one attached hydrogen (secondary N) is 1. The Balaban J connectivity index is 1.64. The van der Waals surface area contributed by atoms with Gasteiger partial charge in [0.1, 0.15) is 5.82 Å². The van der Waals surface area contributed by atoms with Crippen molar-refractivity contribution in [1.29, 1.82) is 0 Å². The number of aromatic nitrogens is 2. The molecule has 0 aliphatic heterocycles. The third-order valence-corrected chi connectivity index (χ3v) is 4.40. The molecule has 0 saturated heterocycles. The summed E-state index contributed by atoms with van der Waals surface area (Å²) in [5.41, 5.74) is 3.61. The quantitative estimate of drug-likeness (QED) is 0.416. The van der Waals surface area contributed by atoms with Gasteiger partial charge in [-0.3, -0.25) is 0 Å². The van der Waals surface area contributed by atoms with E-state index in [9.17, 15) is 4.79 Å². The van der Waals surface area contributed by atoms with E-state index in [0.717, 1.165) is 29.7 Å². The number of carbonyl (C=O) groups is 1. The summed E-state index contributed by atoms with van der Waals surface area (Å²) in [6.07, 6.45) is 1.48. The maximum Gasteiger partial charge on any atom is 0.333 e. The van der Waals surface area contributed by atoms with Crippen molar-refractivity contribution in [3.63, 3.8) is 0 Å². The molecule has 2 aromatic heterocycles. The Morgan fingerprint density at radius 3 is 3.00 bits per heavy atom. The maximum atomic E-state index is 11.3. The summed E-state index contributed by atoms with van der Waals surface area (Å²) < 4.78 is 5.09. The highest BCUT2D eigenvalue weighted by atomic mass is 32.1. The molecule has 2 heterocycles. The van der Waals surface area contributed by atoms with E-state index in [4.69, 9.17) is 4.74 Å². The molecular formula is C18H18N2O2S. The Morgan fingerprint density at radius 2 is 2.26 bits per heavy atom. The lowest BCUT2D eigenvalue weighted by atomic mass is 10.2. The predicted octanol–water partition coefficient (Wildman–Crippen LogP) is 4.34. The van der Waals surface area contributed by atoms with Crippen LogP contribution in [-0.4, -0.2) is 22.5 Å². The van der Waals surface area contributed by atoms with Crippen LogP contribution < -0.4 is 0 Å². The molecule has 23 heavy (non-hydrogen) atoms. The second-order valence-corrected chi connectivity index (χ2v) is 6.36. The fraction of sp³-hybridized carbons (Fsp3) is 0.222. The Kier molecular flexibility index (Phi) is 4.57. The van der Waals surface area contributed by atoms with Gasteiger partial charge in [-0.2, -0.15) is 0 Å². The van der Waals surface area contributed by atoms with Crippen molar-refractivity contribution in [2.24, 2.45) is 0 Å². The third kappa shape index (κ3) is 3.68. The molecule has 0 saturated carbocycles. The maximum absolute atomic E-state index is 11.3. The minimum atomic E-state index is -0.338. The number of aryl methyl sites for hydroxylation is 1. The lowest BCUT2D eigenvalue weighted by Crippen LogP contribution is -2.07. The van der Waals surface area contributed by atoms with E-state index in [0.29, 0.717) is 12.2 Å². The van der Waals surface area contributed by atoms with Gasteiger partial charge >= 0.3 is 5.97 Å². The van der Waals surface area contributed by atoms with Gasteiger partial charge in [0.05, 0.1) is 17.6 Å². The van der Waals surface area contributed by atoms with E-state index >= 15 is 0 Å². The zero-order valence-corrected chi connectivity index (χ0v) is 13.8. The lowest BCUT2D eigenvalue weighted by molar-refractivity contribution is -0.139. The molecule has 5 heteroatoms. The molecule has 0 amide bonds. The first kappa shape index (κ1) is 15.5. The summed E-state index contributed by atoms with van der Waals surface area (Å²) in [6.45, 7) is 5.58. The molecule has 118 valence electrons. The SMILES string of the molecule is C=C(C)C(=O)OCCCc1nc2ccc(-c3cccs3)cc2[nH]1. The molecule has 4 nitrogen and oxygen atoms in total. The molecule has 0 aliphatic carbocycles. The molecule has 0 unspecified atom stereocenters. The summed E-state index contributed by atoms with van der Waals surface area (Å²) in [4.78, 5) is 20.5. The van der Waals surface area contributed by atoms with Crippen molar-refractivity contribution in [2.75, 3.05) is 6.61 Å². The molecule has 0 spiro atoms. The first-order valence-electron chi connectivity index (χ1n) is 7.48. The van der Waals surface area contributed by atoms with Crippen LogP contribution in [-0.2, 0) is 16.0 Å². The zero-order valence-electron chi connectivity index (χ0n) is 13.0. The number of imidazole rings is 1. The summed E-state index contributed by atoms with van der Waals surface area (Å²) in [5.74, 6) is 0.574. The highest BCUT2D eigenvalue weighted by Gasteiger charge is 2.07. The van der Waals surface area contributed by atoms with Crippen LogP contribution in [0.25, 0.3) is 21.5 Å². The molecule has 0 radical (unpaired) electrons. The van der Waals surface area contributed by atoms with Crippen molar-refractivity contribution in [3.05, 3.63) is 53.7 Å². The van der Waals surface area contributed by atoms with Gasteiger partial charge < -0.3 is 9.72 Å². The first-order chi connectivity index (χ1) is 11.1. The molecule has 0 atom stereocenters. The molecule has 1 aromatic carbocycles. The van der Waals surface area contributed by atoms with Crippen LogP contribution in [0.15, 0.2) is 47.9 Å². The average Bonchev–Trinajstić information content (AvgIpc) is 3.19. The highest BCUT2D eigenvalue weighted by molar-refractivity contribution is 7.13. The van der Waals surface area contributed by atoms with Crippen LogP contribution in [0.2, 0.25) is 0 Å². The molecule has 0 aliphatic rings. The van der Waals surface area contributed by atoms with Crippen molar-refractivity contribution in [2.45, 2.75) is 19.8 Å². The van der Waals surface area contributed by atoms with Gasteiger partial charge in [0, 0.05) is 16.9 Å². The topological polar surface area (TPSA) is 55.0 Å². The Labute approximate surface area is 138 Å². The van der Waals surface area contributed by atoms with Crippen molar-refractivity contribution >= 4 is 28.3 Å². The number of fused-ring (bicyclic) bond motifs is 1. The number of nitrogens with zero attached hydrogens (tertiary/aromatic N) is 1. The van der Waals surface area contributed by atoms with E-state index < -0.39 is 0 Å². The van der Waals surface area contributed by atoms with E-state index in [2.05, 4.69) is 46.2 Å². The average molecular weight is 326 g/mol. The number of benzene rings is 1. The second kappa shape index (κ2) is 6.79. The van der Waals surface area contributed by atoms with Crippen molar-refractivity contribution < 1.29 is 9.53 Å². The second-order valence-electron chi connectivity index (χ2n) is 5.41. The zero-order chi connectivity index (χ0) is 16.2. The summed E-state index contributed by atoms with van der Waals surface area (Å²) >= 11 is 1.72. The van der Waals surface area contributed by atoms with Gasteiger partial charge in [0.15, 0.2) is 0 Å². The first-order valence-corrected chi connectivity index (χ1v) is 8.36. The number of esters is 1. The van der Waals surface area contributed by atoms with Crippen LogP contribution in [0.3, 0.4) is 0 Å². The van der Waals surface area contributed by atoms with Gasteiger partial charge in [-0.25, -0.2) is 9.78 Å². The number of H-pyrrole nitrogens is 1. The number of thiophene rings is 1. The lowest BCUT2D eigenvalue weighted by Gasteiger charge is -2.02. The number of hydrogen-bond donors (Lipinski definition) is 1. The van der Waals surface area contributed by atoms with Crippen LogP contribution >= 0.6 is 11.3 Å². The van der Waals surface area contributed by atoms with Gasteiger partial charge in [-0.1, -0.05) is 18.7 Å². The number of rotatable bonds is 6. The number of aromatic amines is 1. The van der Waals surface area contributed by atoms with E-state index in [1.165, 1.54) is 10.4 Å². The fourth-order valence-electron chi connectivity index (χ4n) is 2.30. The number of ether oxygens (including phenoxy) is 1. The van der Waals surface area contributed by atoms with Crippen LogP contribution in [0, 0.1) is 0 Å². The van der Waals surface area contributed by atoms with Crippen LogP contribution in [0.4, 0.5) is 0 Å². The third-order valence-electron chi connectivity index (χ3n) is 3.48. The monoisotopic (exact) mass is 326 g/mol. The fourth-order valence-corrected chi connectivity index (χ4v) is 3.03. The molecule has 0 bridgehead atoms. The van der Waals surface area contributed by atoms with Gasteiger partial charge in [0.2, 0.25) is 0 Å². The van der Waals surface area contributed by atoms with E-state index in [-0.39, 0.29) is 5.97 Å². The predicted molar refractivity (Wildman–Crippen MR) is 93.5 cm³/mol.